The van der Waals surface area contributed by atoms with Crippen LogP contribution >= 0.6 is 0 Å². The molecule has 0 aromatic heterocycles. The molecule has 0 spiro atoms. The van der Waals surface area contributed by atoms with Crippen LogP contribution in [0.15, 0.2) is 0 Å². The first-order valence-electron chi connectivity index (χ1n) is 5.08. The van der Waals surface area contributed by atoms with Gasteiger partial charge < -0.3 is 5.11 Å². The van der Waals surface area contributed by atoms with E-state index in [4.69, 9.17) is 5.11 Å². The van der Waals surface area contributed by atoms with Crippen LogP contribution in [0.4, 0.5) is 0 Å². The molecule has 1 rings (SSSR count). The highest BCUT2D eigenvalue weighted by atomic mass is 32.2. The minimum atomic E-state index is -3.39. The standard InChI is InChI=1S/C8H17N3O4S/c1-9-16(14,15)11-4-2-3-10(5-6-11)7-8(12)13/h9H,2-7H2,1H3,(H,12,13). The van der Waals surface area contributed by atoms with Crippen LogP contribution in [0.25, 0.3) is 0 Å². The quantitative estimate of drug-likeness (QED) is 0.637. The first-order valence-corrected chi connectivity index (χ1v) is 6.52. The molecular weight excluding hydrogens is 234 g/mol. The van der Waals surface area contributed by atoms with Crippen molar-refractivity contribution in [1.29, 1.82) is 0 Å². The second-order valence-corrected chi connectivity index (χ2v) is 5.51. The summed E-state index contributed by atoms with van der Waals surface area (Å²) in [6.45, 7) is 1.79. The van der Waals surface area contributed by atoms with Gasteiger partial charge in [-0.25, -0.2) is 4.72 Å². The minimum Gasteiger partial charge on any atom is -0.480 e. The molecule has 1 fully saturated rings. The maximum atomic E-state index is 11.5. The third kappa shape index (κ3) is 3.71. The highest BCUT2D eigenvalue weighted by Crippen LogP contribution is 2.06. The Kier molecular flexibility index (Phi) is 4.66. The van der Waals surface area contributed by atoms with E-state index in [9.17, 15) is 13.2 Å². The van der Waals surface area contributed by atoms with Crippen LogP contribution in [0.2, 0.25) is 0 Å². The lowest BCUT2D eigenvalue weighted by Gasteiger charge is -2.19. The monoisotopic (exact) mass is 251 g/mol. The molecule has 0 radical (unpaired) electrons. The summed E-state index contributed by atoms with van der Waals surface area (Å²) in [6.07, 6.45) is 0.647. The molecule has 0 aliphatic carbocycles. The smallest absolute Gasteiger partial charge is 0.317 e. The van der Waals surface area contributed by atoms with Crippen LogP contribution in [0, 0.1) is 0 Å². The zero-order chi connectivity index (χ0) is 12.2. The van der Waals surface area contributed by atoms with E-state index in [1.165, 1.54) is 11.4 Å². The molecule has 1 heterocycles. The molecule has 1 saturated heterocycles. The van der Waals surface area contributed by atoms with Gasteiger partial charge in [0, 0.05) is 33.2 Å². The van der Waals surface area contributed by atoms with E-state index >= 15 is 0 Å². The van der Waals surface area contributed by atoms with Crippen molar-refractivity contribution in [2.75, 3.05) is 39.8 Å². The number of rotatable bonds is 4. The summed E-state index contributed by atoms with van der Waals surface area (Å²) in [6, 6.07) is 0. The predicted octanol–water partition coefficient (Wildman–Crippen LogP) is -1.46. The molecule has 1 aliphatic heterocycles. The fourth-order valence-electron chi connectivity index (χ4n) is 1.67. The summed E-state index contributed by atoms with van der Waals surface area (Å²) in [5, 5.41) is 8.64. The third-order valence-corrected chi connectivity index (χ3v) is 4.07. The molecule has 0 amide bonds. The highest BCUT2D eigenvalue weighted by Gasteiger charge is 2.24. The average Bonchev–Trinajstić information content (AvgIpc) is 2.43. The van der Waals surface area contributed by atoms with Crippen molar-refractivity contribution in [1.82, 2.24) is 13.9 Å². The number of aliphatic carboxylic acids is 1. The lowest BCUT2D eigenvalue weighted by atomic mass is 10.4. The number of carboxylic acid groups (broad SMARTS) is 1. The molecule has 0 bridgehead atoms. The minimum absolute atomic E-state index is 0.0343. The van der Waals surface area contributed by atoms with Crippen LogP contribution in [0.5, 0.6) is 0 Å². The van der Waals surface area contributed by atoms with Crippen LogP contribution < -0.4 is 4.72 Å². The van der Waals surface area contributed by atoms with Crippen molar-refractivity contribution in [3.63, 3.8) is 0 Å². The van der Waals surface area contributed by atoms with Gasteiger partial charge in [-0.15, -0.1) is 0 Å². The van der Waals surface area contributed by atoms with Crippen molar-refractivity contribution in [3.05, 3.63) is 0 Å². The maximum Gasteiger partial charge on any atom is 0.317 e. The molecule has 0 unspecified atom stereocenters. The molecule has 1 aliphatic rings. The topological polar surface area (TPSA) is 90.0 Å². The van der Waals surface area contributed by atoms with E-state index in [0.717, 1.165) is 0 Å². The van der Waals surface area contributed by atoms with Gasteiger partial charge in [0.25, 0.3) is 10.2 Å². The maximum absolute atomic E-state index is 11.5. The van der Waals surface area contributed by atoms with Crippen molar-refractivity contribution < 1.29 is 18.3 Å². The number of nitrogens with zero attached hydrogens (tertiary/aromatic N) is 2. The Balaban J connectivity index is 2.56. The molecule has 0 atom stereocenters. The molecule has 7 nitrogen and oxygen atoms in total. The Bertz CT molecular complexity index is 343. The van der Waals surface area contributed by atoms with Gasteiger partial charge in [0.2, 0.25) is 0 Å². The number of carboxylic acids is 1. The van der Waals surface area contributed by atoms with Crippen LogP contribution in [-0.4, -0.2) is 68.5 Å². The highest BCUT2D eigenvalue weighted by molar-refractivity contribution is 7.87. The molecule has 2 N–H and O–H groups in total. The molecule has 0 saturated carbocycles. The molecule has 0 aromatic carbocycles. The van der Waals surface area contributed by atoms with E-state index in [2.05, 4.69) is 4.72 Å². The summed E-state index contributed by atoms with van der Waals surface area (Å²) in [5.74, 6) is -0.884. The number of hydrogen-bond acceptors (Lipinski definition) is 4. The Morgan fingerprint density at radius 3 is 2.56 bits per heavy atom. The van der Waals surface area contributed by atoms with Crippen molar-refractivity contribution in [2.45, 2.75) is 6.42 Å². The lowest BCUT2D eigenvalue weighted by Crippen LogP contribution is -2.41. The van der Waals surface area contributed by atoms with E-state index in [0.29, 0.717) is 32.6 Å². The molecular formula is C8H17N3O4S. The van der Waals surface area contributed by atoms with Gasteiger partial charge in [0.1, 0.15) is 0 Å². The fraction of sp³-hybridized carbons (Fsp3) is 0.875. The summed E-state index contributed by atoms with van der Waals surface area (Å²) >= 11 is 0. The molecule has 16 heavy (non-hydrogen) atoms. The van der Waals surface area contributed by atoms with Crippen LogP contribution in [-0.2, 0) is 15.0 Å². The Hall–Kier alpha value is -0.700. The summed E-state index contributed by atoms with van der Waals surface area (Å²) in [5.41, 5.74) is 0. The van der Waals surface area contributed by atoms with Gasteiger partial charge in [-0.2, -0.15) is 12.7 Å². The Morgan fingerprint density at radius 1 is 1.31 bits per heavy atom. The van der Waals surface area contributed by atoms with Crippen molar-refractivity contribution >= 4 is 16.2 Å². The second-order valence-electron chi connectivity index (χ2n) is 3.63. The molecule has 8 heteroatoms. The lowest BCUT2D eigenvalue weighted by molar-refractivity contribution is -0.138. The van der Waals surface area contributed by atoms with Crippen molar-refractivity contribution in [3.8, 4) is 0 Å². The summed E-state index contributed by atoms with van der Waals surface area (Å²) in [7, 11) is -2.02. The number of hydrogen-bond donors (Lipinski definition) is 2. The first kappa shape index (κ1) is 13.4. The summed E-state index contributed by atoms with van der Waals surface area (Å²) < 4.78 is 26.6. The van der Waals surface area contributed by atoms with E-state index in [-0.39, 0.29) is 6.54 Å². The SMILES string of the molecule is CNS(=O)(=O)N1CCCN(CC(=O)O)CC1. The molecule has 94 valence electrons. The fourth-order valence-corrected chi connectivity index (χ4v) is 2.62. The predicted molar refractivity (Wildman–Crippen MR) is 58.2 cm³/mol. The van der Waals surface area contributed by atoms with Crippen LogP contribution in [0.3, 0.4) is 0 Å². The van der Waals surface area contributed by atoms with Crippen LogP contribution in [0.1, 0.15) is 6.42 Å². The van der Waals surface area contributed by atoms with Gasteiger partial charge in [-0.3, -0.25) is 9.69 Å². The van der Waals surface area contributed by atoms with Crippen molar-refractivity contribution in [2.24, 2.45) is 0 Å². The Morgan fingerprint density at radius 2 is 2.00 bits per heavy atom. The van der Waals surface area contributed by atoms with Gasteiger partial charge in [0.15, 0.2) is 0 Å². The van der Waals surface area contributed by atoms with Gasteiger partial charge in [0.05, 0.1) is 6.54 Å². The van der Waals surface area contributed by atoms with Gasteiger partial charge in [-0.1, -0.05) is 0 Å². The zero-order valence-electron chi connectivity index (χ0n) is 9.22. The first-order chi connectivity index (χ1) is 7.45. The zero-order valence-corrected chi connectivity index (χ0v) is 10.0. The van der Waals surface area contributed by atoms with E-state index < -0.39 is 16.2 Å². The Labute approximate surface area is 95.2 Å². The number of nitrogens with one attached hydrogen (secondary N) is 1. The summed E-state index contributed by atoms with van der Waals surface area (Å²) in [4.78, 5) is 12.3. The van der Waals surface area contributed by atoms with Gasteiger partial charge >= 0.3 is 5.97 Å². The second kappa shape index (κ2) is 5.58. The molecule has 0 aromatic rings. The van der Waals surface area contributed by atoms with E-state index in [1.807, 2.05) is 0 Å². The van der Waals surface area contributed by atoms with E-state index in [1.54, 1.807) is 4.90 Å². The average molecular weight is 251 g/mol. The normalized spacial score (nSPS) is 20.6. The number of carbonyl (C=O) groups is 1. The third-order valence-electron chi connectivity index (χ3n) is 2.50. The largest absolute Gasteiger partial charge is 0.480 e. The van der Waals surface area contributed by atoms with Gasteiger partial charge in [-0.05, 0) is 6.42 Å².